The zero-order valence-corrected chi connectivity index (χ0v) is 11.5. The molecule has 2 aromatic carbocycles. The molecule has 2 aromatic rings. The number of nitrogens with one attached hydrogen (secondary N) is 1. The van der Waals surface area contributed by atoms with E-state index < -0.39 is 12.0 Å². The fraction of sp³-hybridized carbons (Fsp3) is 0.188. The van der Waals surface area contributed by atoms with E-state index in [-0.39, 0.29) is 5.75 Å². The molecule has 20 heavy (non-hydrogen) atoms. The van der Waals surface area contributed by atoms with E-state index in [4.69, 9.17) is 4.74 Å². The van der Waals surface area contributed by atoms with Crippen LogP contribution in [0.4, 0.5) is 5.69 Å². The second kappa shape index (κ2) is 6.10. The topological polar surface area (TPSA) is 58.6 Å². The molecule has 2 rings (SSSR count). The number of benzene rings is 2. The first-order valence-electron chi connectivity index (χ1n) is 6.30. The normalized spacial score (nSPS) is 11.7. The molecule has 0 aliphatic rings. The number of aryl methyl sites for hydroxylation is 1. The Labute approximate surface area is 118 Å². The lowest BCUT2D eigenvalue weighted by Gasteiger charge is -2.19. The van der Waals surface area contributed by atoms with E-state index in [0.29, 0.717) is 5.56 Å². The van der Waals surface area contributed by atoms with Gasteiger partial charge in [-0.15, -0.1) is 0 Å². The molecular weight excluding hydrogens is 254 g/mol. The van der Waals surface area contributed by atoms with Crippen molar-refractivity contribution < 1.29 is 14.6 Å². The largest absolute Gasteiger partial charge is 0.508 e. The van der Waals surface area contributed by atoms with Gasteiger partial charge < -0.3 is 15.2 Å². The molecule has 4 nitrogen and oxygen atoms in total. The summed E-state index contributed by atoms with van der Waals surface area (Å²) in [5.74, 6) is -0.290. The molecule has 1 unspecified atom stereocenters. The van der Waals surface area contributed by atoms with E-state index in [2.05, 4.69) is 5.32 Å². The number of para-hydroxylation sites is 1. The fourth-order valence-corrected chi connectivity index (χ4v) is 1.99. The van der Waals surface area contributed by atoms with Crippen LogP contribution in [-0.4, -0.2) is 18.2 Å². The van der Waals surface area contributed by atoms with Crippen LogP contribution in [0.15, 0.2) is 48.5 Å². The van der Waals surface area contributed by atoms with Crippen LogP contribution in [0.1, 0.15) is 17.2 Å². The van der Waals surface area contributed by atoms with Crippen molar-refractivity contribution in [2.45, 2.75) is 13.0 Å². The molecule has 0 bridgehead atoms. The number of hydrogen-bond donors (Lipinski definition) is 2. The SMILES string of the molecule is COC(=O)C(Nc1ccccc1C)c1cccc(O)c1. The molecule has 0 aromatic heterocycles. The average Bonchev–Trinajstić information content (AvgIpc) is 2.45. The number of aromatic hydroxyl groups is 1. The van der Waals surface area contributed by atoms with E-state index in [1.165, 1.54) is 7.11 Å². The number of ether oxygens (including phenoxy) is 1. The van der Waals surface area contributed by atoms with Crippen LogP contribution in [-0.2, 0) is 9.53 Å². The molecule has 0 spiro atoms. The van der Waals surface area contributed by atoms with Crippen molar-refractivity contribution in [2.24, 2.45) is 0 Å². The molecule has 0 radical (unpaired) electrons. The van der Waals surface area contributed by atoms with Crippen molar-refractivity contribution in [3.63, 3.8) is 0 Å². The lowest BCUT2D eigenvalue weighted by Crippen LogP contribution is -2.22. The van der Waals surface area contributed by atoms with Crippen molar-refractivity contribution in [3.8, 4) is 5.75 Å². The quantitative estimate of drug-likeness (QED) is 0.839. The van der Waals surface area contributed by atoms with Crippen LogP contribution < -0.4 is 5.32 Å². The summed E-state index contributed by atoms with van der Waals surface area (Å²) in [6, 6.07) is 13.6. The monoisotopic (exact) mass is 271 g/mol. The number of hydrogen-bond acceptors (Lipinski definition) is 4. The van der Waals surface area contributed by atoms with Crippen molar-refractivity contribution >= 4 is 11.7 Å². The Kier molecular flexibility index (Phi) is 4.25. The highest BCUT2D eigenvalue weighted by atomic mass is 16.5. The Morgan fingerprint density at radius 3 is 2.60 bits per heavy atom. The van der Waals surface area contributed by atoms with E-state index >= 15 is 0 Å². The highest BCUT2D eigenvalue weighted by Crippen LogP contribution is 2.25. The van der Waals surface area contributed by atoms with Gasteiger partial charge in [0.05, 0.1) is 7.11 Å². The standard InChI is InChI=1S/C16H17NO3/c1-11-6-3-4-9-14(11)17-15(16(19)20-2)12-7-5-8-13(18)10-12/h3-10,15,17-18H,1-2H3. The molecule has 0 aliphatic heterocycles. The van der Waals surface area contributed by atoms with Gasteiger partial charge in [0, 0.05) is 5.69 Å². The lowest BCUT2D eigenvalue weighted by atomic mass is 10.1. The van der Waals surface area contributed by atoms with E-state index in [1.54, 1.807) is 24.3 Å². The van der Waals surface area contributed by atoms with Crippen molar-refractivity contribution in [2.75, 3.05) is 12.4 Å². The summed E-state index contributed by atoms with van der Waals surface area (Å²) in [4.78, 5) is 12.0. The van der Waals surface area contributed by atoms with Crippen molar-refractivity contribution in [3.05, 3.63) is 59.7 Å². The second-order valence-corrected chi connectivity index (χ2v) is 4.51. The first-order valence-corrected chi connectivity index (χ1v) is 6.30. The number of rotatable bonds is 4. The number of phenolic OH excluding ortho intramolecular Hbond substituents is 1. The van der Waals surface area contributed by atoms with E-state index in [1.807, 2.05) is 31.2 Å². The third kappa shape index (κ3) is 3.09. The molecule has 0 fully saturated rings. The maximum absolute atomic E-state index is 12.0. The molecule has 4 heteroatoms. The Bertz CT molecular complexity index is 610. The van der Waals surface area contributed by atoms with Crippen LogP contribution in [0, 0.1) is 6.92 Å². The van der Waals surface area contributed by atoms with Gasteiger partial charge in [0.2, 0.25) is 0 Å². The van der Waals surface area contributed by atoms with Gasteiger partial charge in [-0.2, -0.15) is 0 Å². The van der Waals surface area contributed by atoms with Gasteiger partial charge in [0.25, 0.3) is 0 Å². The maximum atomic E-state index is 12.0. The van der Waals surface area contributed by atoms with Gasteiger partial charge in [-0.25, -0.2) is 4.79 Å². The first-order chi connectivity index (χ1) is 9.61. The van der Waals surface area contributed by atoms with Crippen LogP contribution in [0.5, 0.6) is 5.75 Å². The molecule has 0 heterocycles. The van der Waals surface area contributed by atoms with Crippen molar-refractivity contribution in [1.82, 2.24) is 0 Å². The number of esters is 1. The zero-order chi connectivity index (χ0) is 14.5. The third-order valence-electron chi connectivity index (χ3n) is 3.09. The highest BCUT2D eigenvalue weighted by Gasteiger charge is 2.22. The molecule has 104 valence electrons. The number of methoxy groups -OCH3 is 1. The molecule has 1 atom stereocenters. The molecule has 0 aliphatic carbocycles. The zero-order valence-electron chi connectivity index (χ0n) is 11.5. The first kappa shape index (κ1) is 13.9. The second-order valence-electron chi connectivity index (χ2n) is 4.51. The molecular formula is C16H17NO3. The van der Waals surface area contributed by atoms with Crippen LogP contribution in [0.25, 0.3) is 0 Å². The lowest BCUT2D eigenvalue weighted by molar-refractivity contribution is -0.141. The average molecular weight is 271 g/mol. The number of carbonyl (C=O) groups excluding carboxylic acids is 1. The summed E-state index contributed by atoms with van der Waals surface area (Å²) in [7, 11) is 1.34. The van der Waals surface area contributed by atoms with Gasteiger partial charge in [-0.1, -0.05) is 30.3 Å². The molecule has 2 N–H and O–H groups in total. The van der Waals surface area contributed by atoms with Crippen LogP contribution >= 0.6 is 0 Å². The van der Waals surface area contributed by atoms with E-state index in [9.17, 15) is 9.90 Å². The van der Waals surface area contributed by atoms with E-state index in [0.717, 1.165) is 11.3 Å². The Hall–Kier alpha value is -2.49. The Balaban J connectivity index is 2.34. The van der Waals surface area contributed by atoms with Gasteiger partial charge in [-0.05, 0) is 36.2 Å². The minimum atomic E-state index is -0.659. The van der Waals surface area contributed by atoms with Gasteiger partial charge in [0.1, 0.15) is 5.75 Å². The summed E-state index contributed by atoms with van der Waals surface area (Å²) in [6.07, 6.45) is 0. The Morgan fingerprint density at radius 1 is 1.20 bits per heavy atom. The number of phenols is 1. The summed E-state index contributed by atoms with van der Waals surface area (Å²) < 4.78 is 4.84. The van der Waals surface area contributed by atoms with Crippen LogP contribution in [0.3, 0.4) is 0 Å². The summed E-state index contributed by atoms with van der Waals surface area (Å²) in [6.45, 7) is 1.96. The third-order valence-corrected chi connectivity index (χ3v) is 3.09. The van der Waals surface area contributed by atoms with Crippen molar-refractivity contribution in [1.29, 1.82) is 0 Å². The fourth-order valence-electron chi connectivity index (χ4n) is 1.99. The Morgan fingerprint density at radius 2 is 1.95 bits per heavy atom. The predicted molar refractivity (Wildman–Crippen MR) is 77.7 cm³/mol. The number of anilines is 1. The van der Waals surface area contributed by atoms with Gasteiger partial charge in [0.15, 0.2) is 6.04 Å². The van der Waals surface area contributed by atoms with Gasteiger partial charge >= 0.3 is 5.97 Å². The van der Waals surface area contributed by atoms with Gasteiger partial charge in [-0.3, -0.25) is 0 Å². The minimum Gasteiger partial charge on any atom is -0.508 e. The minimum absolute atomic E-state index is 0.114. The predicted octanol–water partition coefficient (Wildman–Crippen LogP) is 3.03. The molecule has 0 saturated carbocycles. The smallest absolute Gasteiger partial charge is 0.332 e. The summed E-state index contributed by atoms with van der Waals surface area (Å²) >= 11 is 0. The molecule has 0 saturated heterocycles. The highest BCUT2D eigenvalue weighted by molar-refractivity contribution is 5.81. The van der Waals surface area contributed by atoms with Crippen LogP contribution in [0.2, 0.25) is 0 Å². The summed E-state index contributed by atoms with van der Waals surface area (Å²) in [5, 5.41) is 12.7. The summed E-state index contributed by atoms with van der Waals surface area (Å²) in [5.41, 5.74) is 2.54. The number of carbonyl (C=O) groups is 1. The maximum Gasteiger partial charge on any atom is 0.332 e. The molecule has 0 amide bonds.